The fourth-order valence-corrected chi connectivity index (χ4v) is 5.52. The zero-order valence-corrected chi connectivity index (χ0v) is 19.8. The van der Waals surface area contributed by atoms with E-state index in [0.717, 1.165) is 40.7 Å². The number of carbonyl (C=O) groups excluding carboxylic acids is 1. The Labute approximate surface area is 202 Å². The first-order valence-corrected chi connectivity index (χ1v) is 12.6. The molecule has 4 aromatic rings. The molecule has 0 bridgehead atoms. The van der Waals surface area contributed by atoms with Gasteiger partial charge in [0, 0.05) is 12.5 Å². The summed E-state index contributed by atoms with van der Waals surface area (Å²) in [6, 6.07) is 25.3. The molecule has 0 N–H and O–H groups in total. The highest BCUT2D eigenvalue weighted by Gasteiger charge is 2.34. The minimum absolute atomic E-state index is 0.0161. The molecule has 0 unspecified atom stereocenters. The molecular formula is C27H25N5OS. The summed E-state index contributed by atoms with van der Waals surface area (Å²) in [4.78, 5) is 13.4. The normalized spacial score (nSPS) is 17.9. The predicted octanol–water partition coefficient (Wildman–Crippen LogP) is 5.54. The number of rotatable bonds is 6. The number of aromatic nitrogens is 3. The first-order valence-electron chi connectivity index (χ1n) is 11.7. The van der Waals surface area contributed by atoms with Crippen molar-refractivity contribution in [2.45, 2.75) is 43.4 Å². The summed E-state index contributed by atoms with van der Waals surface area (Å²) in [6.45, 7) is 1.98. The van der Waals surface area contributed by atoms with Crippen LogP contribution < -0.4 is 0 Å². The molecule has 3 aromatic carbocycles. The number of fused-ring (bicyclic) bond motifs is 1. The number of nitrogens with zero attached hydrogens (tertiary/aromatic N) is 5. The van der Waals surface area contributed by atoms with Crippen LogP contribution >= 0.6 is 11.8 Å². The monoisotopic (exact) mass is 467 g/mol. The third-order valence-corrected chi connectivity index (χ3v) is 7.43. The minimum Gasteiger partial charge on any atom is -0.303 e. The molecule has 6 nitrogen and oxygen atoms in total. The van der Waals surface area contributed by atoms with Gasteiger partial charge >= 0.3 is 0 Å². The molecule has 0 radical (unpaired) electrons. The molecule has 2 heterocycles. The second kappa shape index (κ2) is 8.72. The van der Waals surface area contributed by atoms with Crippen LogP contribution in [0, 0.1) is 6.92 Å². The predicted molar refractivity (Wildman–Crippen MR) is 135 cm³/mol. The Morgan fingerprint density at radius 3 is 2.53 bits per heavy atom. The summed E-state index contributed by atoms with van der Waals surface area (Å²) in [5, 5.41) is 18.3. The third-order valence-electron chi connectivity index (χ3n) is 6.50. The fourth-order valence-electron chi connectivity index (χ4n) is 4.61. The quantitative estimate of drug-likeness (QED) is 0.349. The highest BCUT2D eigenvalue weighted by molar-refractivity contribution is 7.99. The maximum Gasteiger partial charge on any atom is 0.253 e. The van der Waals surface area contributed by atoms with Crippen LogP contribution in [0.15, 0.2) is 83.1 Å². The zero-order chi connectivity index (χ0) is 23.1. The molecule has 34 heavy (non-hydrogen) atoms. The number of carbonyl (C=O) groups is 1. The van der Waals surface area contributed by atoms with Gasteiger partial charge in [0.25, 0.3) is 5.91 Å². The highest BCUT2D eigenvalue weighted by atomic mass is 32.2. The van der Waals surface area contributed by atoms with Crippen LogP contribution in [-0.2, 0) is 4.79 Å². The smallest absolute Gasteiger partial charge is 0.253 e. The Bertz CT molecular complexity index is 1390. The molecule has 0 saturated heterocycles. The van der Waals surface area contributed by atoms with Gasteiger partial charge in [-0.1, -0.05) is 78.5 Å². The van der Waals surface area contributed by atoms with Crippen molar-refractivity contribution in [3.05, 3.63) is 89.7 Å². The Hall–Kier alpha value is -3.45. The van der Waals surface area contributed by atoms with Crippen LogP contribution in [0.2, 0.25) is 0 Å². The number of hydrogen-bond acceptors (Lipinski definition) is 5. The largest absolute Gasteiger partial charge is 0.303 e. The number of amides is 1. The van der Waals surface area contributed by atoms with Crippen LogP contribution in [0.5, 0.6) is 0 Å². The van der Waals surface area contributed by atoms with Crippen molar-refractivity contribution in [3.63, 3.8) is 0 Å². The van der Waals surface area contributed by atoms with E-state index in [1.54, 1.807) is 5.01 Å². The van der Waals surface area contributed by atoms with Crippen LogP contribution in [0.4, 0.5) is 0 Å². The third kappa shape index (κ3) is 4.01. The summed E-state index contributed by atoms with van der Waals surface area (Å²) in [5.41, 5.74) is 3.10. The van der Waals surface area contributed by atoms with Gasteiger partial charge in [-0.15, -0.1) is 10.2 Å². The summed E-state index contributed by atoms with van der Waals surface area (Å²) < 4.78 is 2.17. The number of aryl methyl sites for hydroxylation is 1. The second-order valence-electron chi connectivity index (χ2n) is 8.90. The van der Waals surface area contributed by atoms with Gasteiger partial charge in [0.15, 0.2) is 5.16 Å². The lowest BCUT2D eigenvalue weighted by Gasteiger charge is -2.22. The maximum atomic E-state index is 13.4. The summed E-state index contributed by atoms with van der Waals surface area (Å²) in [5.74, 6) is 1.18. The lowest BCUT2D eigenvalue weighted by molar-refractivity contribution is -0.130. The van der Waals surface area contributed by atoms with Crippen LogP contribution in [-0.4, -0.2) is 37.1 Å². The van der Waals surface area contributed by atoms with E-state index in [1.807, 2.05) is 37.3 Å². The van der Waals surface area contributed by atoms with E-state index < -0.39 is 0 Å². The zero-order valence-electron chi connectivity index (χ0n) is 19.0. The summed E-state index contributed by atoms with van der Waals surface area (Å²) in [7, 11) is 0. The number of benzene rings is 3. The molecule has 1 saturated carbocycles. The lowest BCUT2D eigenvalue weighted by Crippen LogP contribution is -2.28. The molecule has 1 fully saturated rings. The van der Waals surface area contributed by atoms with E-state index in [2.05, 4.69) is 57.2 Å². The molecule has 1 aliphatic heterocycles. The van der Waals surface area contributed by atoms with Gasteiger partial charge in [0.05, 0.1) is 17.5 Å². The van der Waals surface area contributed by atoms with E-state index in [9.17, 15) is 4.79 Å². The molecule has 7 heteroatoms. The van der Waals surface area contributed by atoms with E-state index in [1.165, 1.54) is 22.5 Å². The SMILES string of the molecule is Cc1nnc(SCC(=O)N2N=C(c3ccc4ccccc4c3)C[C@@H]2c2ccccc2)n1C1CC1. The topological polar surface area (TPSA) is 63.4 Å². The highest BCUT2D eigenvalue weighted by Crippen LogP contribution is 2.39. The van der Waals surface area contributed by atoms with Gasteiger partial charge in [0.2, 0.25) is 0 Å². The van der Waals surface area contributed by atoms with Gasteiger partial charge in [-0.2, -0.15) is 5.10 Å². The molecule has 1 aliphatic carbocycles. The molecular weight excluding hydrogens is 442 g/mol. The van der Waals surface area contributed by atoms with Crippen molar-refractivity contribution < 1.29 is 4.79 Å². The van der Waals surface area contributed by atoms with Gasteiger partial charge in [-0.25, -0.2) is 5.01 Å². The first-order chi connectivity index (χ1) is 16.7. The van der Waals surface area contributed by atoms with E-state index in [0.29, 0.717) is 12.5 Å². The molecule has 6 rings (SSSR count). The first kappa shape index (κ1) is 21.1. The maximum absolute atomic E-state index is 13.4. The lowest BCUT2D eigenvalue weighted by atomic mass is 9.97. The van der Waals surface area contributed by atoms with Gasteiger partial charge < -0.3 is 4.57 Å². The summed E-state index contributed by atoms with van der Waals surface area (Å²) in [6.07, 6.45) is 3.00. The Kier molecular flexibility index (Phi) is 5.41. The average Bonchev–Trinajstić information content (AvgIpc) is 3.49. The standard InChI is InChI=1S/C27H25N5OS/c1-18-28-29-27(31(18)23-13-14-23)34-17-26(33)32-25(20-8-3-2-4-9-20)16-24(30-32)22-12-11-19-7-5-6-10-21(19)15-22/h2-12,15,23,25H,13-14,16-17H2,1H3/t25-/m1/s1. The number of hydrazone groups is 1. The molecule has 2 aliphatic rings. The van der Waals surface area contributed by atoms with Crippen molar-refractivity contribution in [1.82, 2.24) is 19.8 Å². The fraction of sp³-hybridized carbons (Fsp3) is 0.259. The van der Waals surface area contributed by atoms with Crippen molar-refractivity contribution >= 4 is 34.2 Å². The minimum atomic E-state index is -0.112. The van der Waals surface area contributed by atoms with Crippen molar-refractivity contribution in [2.24, 2.45) is 5.10 Å². The Morgan fingerprint density at radius 1 is 0.971 bits per heavy atom. The molecule has 1 amide bonds. The second-order valence-corrected chi connectivity index (χ2v) is 9.84. The van der Waals surface area contributed by atoms with E-state index in [-0.39, 0.29) is 17.7 Å². The Balaban J connectivity index is 1.28. The van der Waals surface area contributed by atoms with Crippen molar-refractivity contribution in [1.29, 1.82) is 0 Å². The van der Waals surface area contributed by atoms with Gasteiger partial charge in [-0.3, -0.25) is 4.79 Å². The number of hydrogen-bond donors (Lipinski definition) is 0. The van der Waals surface area contributed by atoms with E-state index in [4.69, 9.17) is 5.10 Å². The molecule has 0 spiro atoms. The summed E-state index contributed by atoms with van der Waals surface area (Å²) >= 11 is 1.46. The Morgan fingerprint density at radius 2 is 1.74 bits per heavy atom. The molecule has 1 atom stereocenters. The van der Waals surface area contributed by atoms with Crippen LogP contribution in [0.25, 0.3) is 10.8 Å². The van der Waals surface area contributed by atoms with E-state index >= 15 is 0 Å². The van der Waals surface area contributed by atoms with Gasteiger partial charge in [0.1, 0.15) is 5.82 Å². The van der Waals surface area contributed by atoms with Crippen LogP contribution in [0.1, 0.15) is 48.3 Å². The molecule has 170 valence electrons. The van der Waals surface area contributed by atoms with Crippen molar-refractivity contribution in [3.8, 4) is 0 Å². The molecule has 1 aromatic heterocycles. The van der Waals surface area contributed by atoms with Crippen LogP contribution in [0.3, 0.4) is 0 Å². The van der Waals surface area contributed by atoms with Gasteiger partial charge in [-0.05, 0) is 47.7 Å². The average molecular weight is 468 g/mol. The van der Waals surface area contributed by atoms with Crippen molar-refractivity contribution in [2.75, 3.05) is 5.75 Å². The number of thioether (sulfide) groups is 1.